The molecule has 2 atom stereocenters. The minimum Gasteiger partial charge on any atom is -0.0533 e. The molecule has 2 saturated carbocycles. The highest BCUT2D eigenvalue weighted by Crippen LogP contribution is 2.37. The Balaban J connectivity index is 1.84. The van der Waals surface area contributed by atoms with E-state index in [4.69, 9.17) is 0 Å². The Kier molecular flexibility index (Phi) is 4.34. The number of fused-ring (bicyclic) bond motifs is 1. The van der Waals surface area contributed by atoms with Gasteiger partial charge in [-0.2, -0.15) is 0 Å². The quantitative estimate of drug-likeness (QED) is 0.513. The third-order valence-electron chi connectivity index (χ3n) is 4.47. The summed E-state index contributed by atoms with van der Waals surface area (Å²) in [5.41, 5.74) is 0. The average molecular weight is 194 g/mol. The zero-order valence-electron chi connectivity index (χ0n) is 9.64. The van der Waals surface area contributed by atoms with Crippen LogP contribution in [0.4, 0.5) is 0 Å². The van der Waals surface area contributed by atoms with E-state index in [-0.39, 0.29) is 0 Å². The van der Waals surface area contributed by atoms with Crippen molar-refractivity contribution in [1.82, 2.24) is 0 Å². The smallest absolute Gasteiger partial charge is 0.0386 e. The van der Waals surface area contributed by atoms with Gasteiger partial charge in [-0.15, -0.1) is 0 Å². The van der Waals surface area contributed by atoms with Crippen LogP contribution < -0.4 is 0 Å². The second-order valence-corrected chi connectivity index (χ2v) is 5.50. The van der Waals surface area contributed by atoms with E-state index in [9.17, 15) is 0 Å². The van der Waals surface area contributed by atoms with E-state index in [1.165, 1.54) is 51.4 Å². The lowest BCUT2D eigenvalue weighted by Gasteiger charge is -2.32. The largest absolute Gasteiger partial charge is 0.0533 e. The van der Waals surface area contributed by atoms with Gasteiger partial charge in [0.2, 0.25) is 0 Å². The zero-order valence-corrected chi connectivity index (χ0v) is 9.64. The van der Waals surface area contributed by atoms with Gasteiger partial charge in [-0.25, -0.2) is 0 Å². The van der Waals surface area contributed by atoms with Crippen molar-refractivity contribution in [2.75, 3.05) is 0 Å². The molecular weight excluding hydrogens is 168 g/mol. The van der Waals surface area contributed by atoms with Crippen molar-refractivity contribution in [3.63, 3.8) is 0 Å². The minimum atomic E-state index is 1.13. The molecular formula is C14H26. The summed E-state index contributed by atoms with van der Waals surface area (Å²) in [7, 11) is 0. The summed E-state index contributed by atoms with van der Waals surface area (Å²) in [6, 6.07) is 0. The van der Waals surface area contributed by atoms with Crippen molar-refractivity contribution in [3.05, 3.63) is 0 Å². The molecule has 2 rings (SSSR count). The molecule has 0 radical (unpaired) electrons. The van der Waals surface area contributed by atoms with Gasteiger partial charge in [0, 0.05) is 0 Å². The van der Waals surface area contributed by atoms with Gasteiger partial charge in [-0.1, -0.05) is 77.0 Å². The first kappa shape index (κ1) is 10.5. The normalized spacial score (nSPS) is 36.0. The van der Waals surface area contributed by atoms with Gasteiger partial charge in [0.05, 0.1) is 0 Å². The molecule has 0 N–H and O–H groups in total. The van der Waals surface area contributed by atoms with Crippen LogP contribution in [0.5, 0.6) is 0 Å². The molecule has 0 aliphatic heterocycles. The Morgan fingerprint density at radius 1 is 0.357 bits per heavy atom. The van der Waals surface area contributed by atoms with Crippen LogP contribution in [0.1, 0.15) is 77.0 Å². The fraction of sp³-hybridized carbons (Fsp3) is 1.00. The van der Waals surface area contributed by atoms with E-state index in [2.05, 4.69) is 0 Å². The highest BCUT2D eigenvalue weighted by atomic mass is 14.3. The molecule has 0 amide bonds. The van der Waals surface area contributed by atoms with Crippen LogP contribution in [0.25, 0.3) is 0 Å². The van der Waals surface area contributed by atoms with Crippen LogP contribution in [0.15, 0.2) is 0 Å². The van der Waals surface area contributed by atoms with Crippen molar-refractivity contribution in [2.24, 2.45) is 11.8 Å². The van der Waals surface area contributed by atoms with Crippen LogP contribution in [0, 0.1) is 11.8 Å². The molecule has 1 unspecified atom stereocenters. The molecule has 0 aromatic heterocycles. The number of rotatable bonds is 0. The summed E-state index contributed by atoms with van der Waals surface area (Å²) >= 11 is 0. The summed E-state index contributed by atoms with van der Waals surface area (Å²) < 4.78 is 0. The summed E-state index contributed by atoms with van der Waals surface area (Å²) in [5.74, 6) is 2.25. The third kappa shape index (κ3) is 3.00. The molecule has 0 saturated heterocycles. The zero-order chi connectivity index (χ0) is 9.64. The monoisotopic (exact) mass is 194 g/mol. The third-order valence-corrected chi connectivity index (χ3v) is 4.47. The van der Waals surface area contributed by atoms with E-state index in [0.29, 0.717) is 0 Å². The Morgan fingerprint density at radius 3 is 1.07 bits per heavy atom. The van der Waals surface area contributed by atoms with Crippen molar-refractivity contribution >= 4 is 0 Å². The molecule has 0 aromatic rings. The maximum atomic E-state index is 1.56. The predicted octanol–water partition coefficient (Wildman–Crippen LogP) is 4.93. The van der Waals surface area contributed by atoms with Gasteiger partial charge in [-0.3, -0.25) is 0 Å². The molecule has 0 bridgehead atoms. The van der Waals surface area contributed by atoms with Crippen molar-refractivity contribution in [3.8, 4) is 0 Å². The second kappa shape index (κ2) is 5.78. The van der Waals surface area contributed by atoms with Crippen molar-refractivity contribution in [2.45, 2.75) is 77.0 Å². The topological polar surface area (TPSA) is 0 Å². The average Bonchev–Trinajstić information content (AvgIpc) is 2.25. The van der Waals surface area contributed by atoms with Crippen LogP contribution in [-0.4, -0.2) is 0 Å². The van der Waals surface area contributed by atoms with Gasteiger partial charge in [0.1, 0.15) is 0 Å². The minimum absolute atomic E-state index is 1.13. The first-order valence-electron chi connectivity index (χ1n) is 6.97. The molecule has 0 heterocycles. The Morgan fingerprint density at radius 2 is 0.643 bits per heavy atom. The van der Waals surface area contributed by atoms with Crippen molar-refractivity contribution < 1.29 is 0 Å². The molecule has 2 aliphatic rings. The van der Waals surface area contributed by atoms with Crippen molar-refractivity contribution in [1.29, 1.82) is 0 Å². The maximum absolute atomic E-state index is 1.56. The fourth-order valence-corrected chi connectivity index (χ4v) is 3.56. The molecule has 82 valence electrons. The molecule has 14 heavy (non-hydrogen) atoms. The van der Waals surface area contributed by atoms with E-state index in [0.717, 1.165) is 11.8 Å². The Labute approximate surface area is 89.5 Å². The highest BCUT2D eigenvalue weighted by Gasteiger charge is 2.24. The van der Waals surface area contributed by atoms with Gasteiger partial charge < -0.3 is 0 Å². The van der Waals surface area contributed by atoms with Gasteiger partial charge >= 0.3 is 0 Å². The first-order valence-corrected chi connectivity index (χ1v) is 6.97. The van der Waals surface area contributed by atoms with Crippen LogP contribution in [-0.2, 0) is 0 Å². The molecule has 0 aromatic carbocycles. The van der Waals surface area contributed by atoms with Gasteiger partial charge in [0.25, 0.3) is 0 Å². The summed E-state index contributed by atoms with van der Waals surface area (Å²) in [6.07, 6.45) is 18.4. The second-order valence-electron chi connectivity index (χ2n) is 5.50. The van der Waals surface area contributed by atoms with Gasteiger partial charge in [0.15, 0.2) is 0 Å². The van der Waals surface area contributed by atoms with Crippen LogP contribution >= 0.6 is 0 Å². The predicted molar refractivity (Wildman–Crippen MR) is 62.4 cm³/mol. The maximum Gasteiger partial charge on any atom is -0.0386 e. The Bertz CT molecular complexity index is 132. The van der Waals surface area contributed by atoms with E-state index in [1.807, 2.05) is 0 Å². The fourth-order valence-electron chi connectivity index (χ4n) is 3.56. The lowest BCUT2D eigenvalue weighted by atomic mass is 9.74. The Hall–Kier alpha value is 0. The first-order chi connectivity index (χ1) is 6.97. The molecule has 0 spiro atoms. The summed E-state index contributed by atoms with van der Waals surface area (Å²) in [5, 5.41) is 0. The van der Waals surface area contributed by atoms with Crippen LogP contribution in [0.3, 0.4) is 0 Å². The molecule has 2 aliphatic carbocycles. The lowest BCUT2D eigenvalue weighted by Crippen LogP contribution is -2.20. The summed E-state index contributed by atoms with van der Waals surface area (Å²) in [6.45, 7) is 0. The highest BCUT2D eigenvalue weighted by molar-refractivity contribution is 4.76. The summed E-state index contributed by atoms with van der Waals surface area (Å²) in [4.78, 5) is 0. The van der Waals surface area contributed by atoms with E-state index < -0.39 is 0 Å². The van der Waals surface area contributed by atoms with E-state index >= 15 is 0 Å². The van der Waals surface area contributed by atoms with E-state index in [1.54, 1.807) is 25.7 Å². The number of hydrogen-bond acceptors (Lipinski definition) is 0. The molecule has 0 heteroatoms. The standard InChI is InChI=1S/C14H26/c1-2-4-6-10-14-12-8-7-11-13(14)9-5-3-1/h13-14H,1-12H2/t13-,14?/m1/s1. The molecule has 0 nitrogen and oxygen atoms in total. The molecule has 2 fully saturated rings. The van der Waals surface area contributed by atoms with Gasteiger partial charge in [-0.05, 0) is 11.8 Å². The number of hydrogen-bond donors (Lipinski definition) is 0. The van der Waals surface area contributed by atoms with Crippen LogP contribution in [0.2, 0.25) is 0 Å². The lowest BCUT2D eigenvalue weighted by molar-refractivity contribution is 0.198. The SMILES string of the molecule is C1CCCC[C@@H]2CCCCC2CCC1.